The maximum absolute atomic E-state index is 12.9. The third kappa shape index (κ3) is 16.5. The third-order valence-electron chi connectivity index (χ3n) is 8.80. The van der Waals surface area contributed by atoms with Gasteiger partial charge in [0.15, 0.2) is 0 Å². The Morgan fingerprint density at radius 1 is 0.754 bits per heavy atom. The molecule has 0 radical (unpaired) electrons. The molecule has 1 aromatic heterocycles. The number of benzene rings is 3. The Bertz CT molecular complexity index is 1810. The molecular weight excluding hydrogens is 730 g/mol. The molecule has 5 N–H and O–H groups in total. The number of carbonyl (C=O) groups excluding carboxylic acids is 3. The van der Waals surface area contributed by atoms with E-state index in [2.05, 4.69) is 20.9 Å². The second-order valence-corrected chi connectivity index (χ2v) is 13.1. The molecule has 0 bridgehead atoms. The summed E-state index contributed by atoms with van der Waals surface area (Å²) < 4.78 is 32.9. The molecule has 0 saturated heterocycles. The number of nitrogens with one attached hydrogen (secondary N) is 3. The van der Waals surface area contributed by atoms with Gasteiger partial charge in [-0.2, -0.15) is 0 Å². The number of anilines is 1. The first-order valence-corrected chi connectivity index (χ1v) is 19.4. The van der Waals surface area contributed by atoms with Crippen molar-refractivity contribution in [1.29, 1.82) is 0 Å². The number of hydrogen-bond acceptors (Lipinski definition) is 12. The molecule has 3 aromatic carbocycles. The lowest BCUT2D eigenvalue weighted by atomic mass is 9.95. The van der Waals surface area contributed by atoms with Crippen molar-refractivity contribution in [2.75, 3.05) is 91.5 Å². The highest BCUT2D eigenvalue weighted by atomic mass is 16.6. The Morgan fingerprint density at radius 3 is 2.09 bits per heavy atom. The largest absolute Gasteiger partial charge is 0.491 e. The van der Waals surface area contributed by atoms with Crippen molar-refractivity contribution in [2.24, 2.45) is 5.73 Å². The molecule has 308 valence electrons. The van der Waals surface area contributed by atoms with E-state index in [-0.39, 0.29) is 18.9 Å². The minimum Gasteiger partial charge on any atom is -0.491 e. The van der Waals surface area contributed by atoms with Crippen molar-refractivity contribution in [3.05, 3.63) is 90.1 Å². The molecule has 4 rings (SSSR count). The fraction of sp³-hybridized carbons (Fsp3) is 0.442. The summed E-state index contributed by atoms with van der Waals surface area (Å²) in [6.45, 7) is 7.24. The van der Waals surface area contributed by atoms with Gasteiger partial charge in [0.05, 0.1) is 79.0 Å². The summed E-state index contributed by atoms with van der Waals surface area (Å²) in [5.41, 5.74) is 9.18. The zero-order chi connectivity index (χ0) is 40.5. The molecule has 14 nitrogen and oxygen atoms in total. The van der Waals surface area contributed by atoms with Crippen molar-refractivity contribution in [3.8, 4) is 16.9 Å². The summed E-state index contributed by atoms with van der Waals surface area (Å²) in [5.74, 6) is 0.461. The quantitative estimate of drug-likeness (QED) is 0.0460. The minimum atomic E-state index is -0.648. The number of pyridine rings is 1. The van der Waals surface area contributed by atoms with Crippen molar-refractivity contribution < 1.29 is 42.8 Å². The van der Waals surface area contributed by atoms with Crippen LogP contribution in [0.15, 0.2) is 79.0 Å². The molecule has 0 aliphatic rings. The van der Waals surface area contributed by atoms with E-state index in [0.717, 1.165) is 51.0 Å². The lowest BCUT2D eigenvalue weighted by molar-refractivity contribution is -0.141. The van der Waals surface area contributed by atoms with Gasteiger partial charge in [0.2, 0.25) is 11.8 Å². The number of carbonyl (C=O) groups is 3. The van der Waals surface area contributed by atoms with Crippen molar-refractivity contribution in [2.45, 2.75) is 38.6 Å². The number of rotatable bonds is 28. The van der Waals surface area contributed by atoms with Gasteiger partial charge in [-0.05, 0) is 65.6 Å². The molecule has 0 saturated carbocycles. The Balaban J connectivity index is 1.22. The first-order valence-electron chi connectivity index (χ1n) is 19.4. The van der Waals surface area contributed by atoms with Crippen molar-refractivity contribution in [3.63, 3.8) is 0 Å². The monoisotopic (exact) mass is 787 g/mol. The highest BCUT2D eigenvalue weighted by molar-refractivity contribution is 6.00. The summed E-state index contributed by atoms with van der Waals surface area (Å²) in [5, 5.41) is 10.8. The molecule has 0 aliphatic carbocycles. The van der Waals surface area contributed by atoms with Crippen molar-refractivity contribution in [1.82, 2.24) is 15.6 Å². The molecule has 1 atom stereocenters. The summed E-state index contributed by atoms with van der Waals surface area (Å²) in [6.07, 6.45) is 3.42. The van der Waals surface area contributed by atoms with Crippen LogP contribution in [0.5, 0.6) is 5.75 Å². The van der Waals surface area contributed by atoms with Crippen LogP contribution in [0.1, 0.15) is 42.9 Å². The molecule has 14 heteroatoms. The Hall–Kier alpha value is -5.12. The van der Waals surface area contributed by atoms with Gasteiger partial charge in [-0.15, -0.1) is 0 Å². The predicted molar refractivity (Wildman–Crippen MR) is 219 cm³/mol. The normalized spacial score (nSPS) is 11.6. The number of aromatic nitrogens is 1. The van der Waals surface area contributed by atoms with Crippen LogP contribution in [-0.2, 0) is 38.1 Å². The Kier molecular flexibility index (Phi) is 20.3. The van der Waals surface area contributed by atoms with E-state index in [1.54, 1.807) is 6.20 Å². The van der Waals surface area contributed by atoms with Gasteiger partial charge in [0.1, 0.15) is 18.2 Å². The molecule has 2 amide bonds. The van der Waals surface area contributed by atoms with E-state index in [0.29, 0.717) is 85.4 Å². The predicted octanol–water partition coefficient (Wildman–Crippen LogP) is 4.73. The van der Waals surface area contributed by atoms with E-state index in [1.807, 2.05) is 79.7 Å². The number of esters is 1. The van der Waals surface area contributed by atoms with E-state index in [9.17, 15) is 14.4 Å². The van der Waals surface area contributed by atoms with Crippen LogP contribution in [0.2, 0.25) is 0 Å². The average molecular weight is 788 g/mol. The average Bonchev–Trinajstić information content (AvgIpc) is 3.22. The summed E-state index contributed by atoms with van der Waals surface area (Å²) >= 11 is 0. The van der Waals surface area contributed by atoms with Crippen LogP contribution in [0.3, 0.4) is 0 Å². The summed E-state index contributed by atoms with van der Waals surface area (Å²) in [6, 6.07) is 22.9. The molecule has 0 spiro atoms. The van der Waals surface area contributed by atoms with Crippen LogP contribution in [0.25, 0.3) is 21.9 Å². The molecular formula is C43H57N5O9. The number of aryl methyl sites for hydroxylation is 1. The number of ether oxygens (including phenoxy) is 6. The highest BCUT2D eigenvalue weighted by Crippen LogP contribution is 2.35. The lowest BCUT2D eigenvalue weighted by Crippen LogP contribution is -2.39. The Labute approximate surface area is 335 Å². The van der Waals surface area contributed by atoms with Crippen LogP contribution in [-0.4, -0.2) is 109 Å². The van der Waals surface area contributed by atoms with Crippen LogP contribution >= 0.6 is 0 Å². The zero-order valence-corrected chi connectivity index (χ0v) is 33.1. The first kappa shape index (κ1) is 44.6. The zero-order valence-electron chi connectivity index (χ0n) is 33.1. The molecule has 0 fully saturated rings. The van der Waals surface area contributed by atoms with E-state index in [1.165, 1.54) is 7.11 Å². The SMILES string of the molecule is COC(=O)CC(NC(=O)CNC(=O)CCCCNc1cc(C)ccn1)c1ccc(-c2ccc(OCCOCCOCCOCCOCCN)c3ccccc23)cc1. The second-order valence-electron chi connectivity index (χ2n) is 13.1. The molecule has 1 heterocycles. The van der Waals surface area contributed by atoms with Gasteiger partial charge in [0, 0.05) is 31.1 Å². The summed E-state index contributed by atoms with van der Waals surface area (Å²) in [7, 11) is 1.31. The molecule has 57 heavy (non-hydrogen) atoms. The van der Waals surface area contributed by atoms with E-state index >= 15 is 0 Å². The molecule has 1 unspecified atom stereocenters. The number of fused-ring (bicyclic) bond motifs is 1. The van der Waals surface area contributed by atoms with Gasteiger partial charge in [-0.1, -0.05) is 54.6 Å². The number of hydrogen-bond donors (Lipinski definition) is 4. The van der Waals surface area contributed by atoms with Gasteiger partial charge >= 0.3 is 5.97 Å². The Morgan fingerprint density at radius 2 is 1.42 bits per heavy atom. The number of unbranched alkanes of at least 4 members (excludes halogenated alkanes) is 1. The second kappa shape index (κ2) is 25.9. The molecule has 0 aliphatic heterocycles. The van der Waals surface area contributed by atoms with Crippen molar-refractivity contribution >= 4 is 34.4 Å². The van der Waals surface area contributed by atoms with Gasteiger partial charge < -0.3 is 50.1 Å². The third-order valence-corrected chi connectivity index (χ3v) is 8.80. The van der Waals surface area contributed by atoms with Gasteiger partial charge in [-0.25, -0.2) is 4.98 Å². The maximum atomic E-state index is 12.9. The molecule has 4 aromatic rings. The minimum absolute atomic E-state index is 0.0640. The standard InChI is InChI=1S/C43H57N5O9/c1-32-16-19-46-40(29-32)45-18-6-5-9-41(49)47-31-42(50)48-38(30-43(51)52-2)34-12-10-33(11-13-34)35-14-15-39(37-8-4-3-7-36(35)37)57-28-27-56-26-25-55-24-23-54-22-21-53-20-17-44/h3-4,7-8,10-16,19,29,38H,5-6,9,17-18,20-28,30-31,44H2,1-2H3,(H,45,46)(H,47,49)(H,48,50). The fourth-order valence-electron chi connectivity index (χ4n) is 5.87. The smallest absolute Gasteiger partial charge is 0.307 e. The highest BCUT2D eigenvalue weighted by Gasteiger charge is 2.20. The van der Waals surface area contributed by atoms with E-state index in [4.69, 9.17) is 34.2 Å². The van der Waals surface area contributed by atoms with E-state index < -0.39 is 17.9 Å². The topological polar surface area (TPSA) is 182 Å². The first-order chi connectivity index (χ1) is 27.9. The number of nitrogens with zero attached hydrogens (tertiary/aromatic N) is 1. The van der Waals surface area contributed by atoms with Crippen LogP contribution < -0.4 is 26.4 Å². The van der Waals surface area contributed by atoms with Gasteiger partial charge in [0.25, 0.3) is 0 Å². The van der Waals surface area contributed by atoms with Crippen LogP contribution in [0, 0.1) is 6.92 Å². The fourth-order valence-corrected chi connectivity index (χ4v) is 5.87. The van der Waals surface area contributed by atoms with Crippen LogP contribution in [0.4, 0.5) is 5.82 Å². The number of amides is 2. The number of nitrogens with two attached hydrogens (primary N) is 1. The summed E-state index contributed by atoms with van der Waals surface area (Å²) in [4.78, 5) is 41.9. The van der Waals surface area contributed by atoms with Gasteiger partial charge in [-0.3, -0.25) is 14.4 Å². The number of methoxy groups -OCH3 is 1. The maximum Gasteiger partial charge on any atom is 0.307 e. The lowest BCUT2D eigenvalue weighted by Gasteiger charge is -2.19.